The first-order valence-electron chi connectivity index (χ1n) is 9.29. The zero-order chi connectivity index (χ0) is 19.6. The lowest BCUT2D eigenvalue weighted by atomic mass is 9.95. The van der Waals surface area contributed by atoms with Crippen molar-refractivity contribution < 1.29 is 19.1 Å². The summed E-state index contributed by atoms with van der Waals surface area (Å²) >= 11 is 1.53. The Morgan fingerprint density at radius 1 is 1.26 bits per heavy atom. The highest BCUT2D eigenvalue weighted by Gasteiger charge is 2.33. The number of likely N-dealkylation sites (tertiary alicyclic amines) is 1. The van der Waals surface area contributed by atoms with E-state index in [1.54, 1.807) is 23.9 Å². The van der Waals surface area contributed by atoms with Crippen LogP contribution in [0.2, 0.25) is 0 Å². The predicted molar refractivity (Wildman–Crippen MR) is 103 cm³/mol. The smallest absolute Gasteiger partial charge is 0.263 e. The summed E-state index contributed by atoms with van der Waals surface area (Å²) in [6.07, 6.45) is 2.43. The second-order valence-electron chi connectivity index (χ2n) is 7.38. The molecular weight excluding hydrogens is 366 g/mol. The van der Waals surface area contributed by atoms with Crippen molar-refractivity contribution in [2.45, 2.75) is 25.8 Å². The Kier molecular flexibility index (Phi) is 6.16. The molecule has 1 unspecified atom stereocenters. The molecule has 7 nitrogen and oxygen atoms in total. The van der Waals surface area contributed by atoms with Crippen molar-refractivity contribution in [3.8, 4) is 0 Å². The van der Waals surface area contributed by atoms with E-state index in [9.17, 15) is 14.4 Å². The number of thiophene rings is 1. The minimum atomic E-state index is -0.150. The molecule has 0 radical (unpaired) electrons. The molecule has 0 aliphatic carbocycles. The van der Waals surface area contributed by atoms with Gasteiger partial charge in [-0.3, -0.25) is 14.4 Å². The topological polar surface area (TPSA) is 70.2 Å². The summed E-state index contributed by atoms with van der Waals surface area (Å²) in [6, 6.07) is 1.93. The van der Waals surface area contributed by atoms with Gasteiger partial charge < -0.3 is 19.4 Å². The molecule has 1 saturated heterocycles. The summed E-state index contributed by atoms with van der Waals surface area (Å²) in [7, 11) is 5.00. The maximum atomic E-state index is 13.0. The van der Waals surface area contributed by atoms with Gasteiger partial charge in [0.1, 0.15) is 6.61 Å². The van der Waals surface area contributed by atoms with Gasteiger partial charge in [0.05, 0.1) is 10.8 Å². The molecule has 0 N–H and O–H groups in total. The van der Waals surface area contributed by atoms with E-state index in [1.165, 1.54) is 23.3 Å². The monoisotopic (exact) mass is 393 g/mol. The zero-order valence-electron chi connectivity index (χ0n) is 16.2. The lowest BCUT2D eigenvalue weighted by molar-refractivity contribution is -0.143. The summed E-state index contributed by atoms with van der Waals surface area (Å²) in [5, 5.41) is 0. The first kappa shape index (κ1) is 19.8. The molecule has 3 heterocycles. The number of nitrogens with zero attached hydrogens (tertiary/aromatic N) is 3. The van der Waals surface area contributed by atoms with Crippen LogP contribution in [0.5, 0.6) is 0 Å². The van der Waals surface area contributed by atoms with E-state index in [1.807, 2.05) is 11.0 Å². The fraction of sp³-hybridized carbons (Fsp3) is 0.632. The summed E-state index contributed by atoms with van der Waals surface area (Å²) in [5.74, 6) is -0.0858. The van der Waals surface area contributed by atoms with Gasteiger partial charge in [-0.2, -0.15) is 0 Å². The standard InChI is InChI=1S/C19H27N3O4S/c1-20(2)19(25)16-9-14-11-22(8-6-15(14)27-16)18(24)13-5-4-7-21(10-13)17(23)12-26-3/h9,13H,4-8,10-12H2,1-3H3. The fourth-order valence-electron chi connectivity index (χ4n) is 3.73. The molecule has 27 heavy (non-hydrogen) atoms. The third kappa shape index (κ3) is 4.32. The number of ether oxygens (including phenoxy) is 1. The maximum absolute atomic E-state index is 13.0. The molecule has 2 aliphatic rings. The van der Waals surface area contributed by atoms with Crippen LogP contribution >= 0.6 is 11.3 Å². The first-order chi connectivity index (χ1) is 12.9. The molecule has 1 aromatic rings. The third-order valence-electron chi connectivity index (χ3n) is 5.19. The molecule has 1 atom stereocenters. The van der Waals surface area contributed by atoms with Crippen LogP contribution in [0.1, 0.15) is 33.0 Å². The number of rotatable bonds is 4. The van der Waals surface area contributed by atoms with Crippen LogP contribution < -0.4 is 0 Å². The number of hydrogen-bond donors (Lipinski definition) is 0. The van der Waals surface area contributed by atoms with E-state index >= 15 is 0 Å². The second kappa shape index (κ2) is 8.39. The lowest BCUT2D eigenvalue weighted by Gasteiger charge is -2.36. The number of piperidine rings is 1. The van der Waals surface area contributed by atoms with Gasteiger partial charge in [0.2, 0.25) is 11.8 Å². The van der Waals surface area contributed by atoms with E-state index in [0.717, 1.165) is 29.7 Å². The molecule has 8 heteroatoms. The third-order valence-corrected chi connectivity index (χ3v) is 6.41. The highest BCUT2D eigenvalue weighted by molar-refractivity contribution is 7.14. The Bertz CT molecular complexity index is 731. The summed E-state index contributed by atoms with van der Waals surface area (Å²) in [5.41, 5.74) is 1.08. The number of methoxy groups -OCH3 is 1. The molecule has 0 spiro atoms. The van der Waals surface area contributed by atoms with Crippen LogP contribution in [-0.2, 0) is 27.3 Å². The van der Waals surface area contributed by atoms with Crippen LogP contribution in [0, 0.1) is 5.92 Å². The lowest BCUT2D eigenvalue weighted by Crippen LogP contribution is -2.48. The molecule has 0 saturated carbocycles. The van der Waals surface area contributed by atoms with E-state index in [-0.39, 0.29) is 30.2 Å². The number of carbonyl (C=O) groups excluding carboxylic acids is 3. The van der Waals surface area contributed by atoms with Crippen molar-refractivity contribution >= 4 is 29.1 Å². The normalized spacial score (nSPS) is 19.6. The summed E-state index contributed by atoms with van der Waals surface area (Å²) in [4.78, 5) is 44.4. The van der Waals surface area contributed by atoms with E-state index in [0.29, 0.717) is 26.2 Å². The van der Waals surface area contributed by atoms with E-state index < -0.39 is 0 Å². The van der Waals surface area contributed by atoms with Crippen LogP contribution in [-0.4, -0.2) is 79.9 Å². The van der Waals surface area contributed by atoms with Gasteiger partial charge in [-0.15, -0.1) is 11.3 Å². The summed E-state index contributed by atoms with van der Waals surface area (Å²) < 4.78 is 4.93. The molecular formula is C19H27N3O4S. The molecule has 2 aliphatic heterocycles. The van der Waals surface area contributed by atoms with Crippen LogP contribution in [0.25, 0.3) is 0 Å². The zero-order valence-corrected chi connectivity index (χ0v) is 17.0. The Labute approximate surface area is 163 Å². The van der Waals surface area contributed by atoms with Gasteiger partial charge in [-0.1, -0.05) is 0 Å². The average Bonchev–Trinajstić information content (AvgIpc) is 3.10. The fourth-order valence-corrected chi connectivity index (χ4v) is 4.91. The second-order valence-corrected chi connectivity index (χ2v) is 8.52. The predicted octanol–water partition coefficient (Wildman–Crippen LogP) is 1.22. The largest absolute Gasteiger partial charge is 0.375 e. The number of fused-ring (bicyclic) bond motifs is 1. The molecule has 0 aromatic carbocycles. The van der Waals surface area contributed by atoms with Gasteiger partial charge >= 0.3 is 0 Å². The van der Waals surface area contributed by atoms with Gasteiger partial charge in [0.25, 0.3) is 5.91 Å². The molecule has 1 fully saturated rings. The van der Waals surface area contributed by atoms with Crippen LogP contribution in [0.15, 0.2) is 6.07 Å². The number of amides is 3. The quantitative estimate of drug-likeness (QED) is 0.771. The Morgan fingerprint density at radius 3 is 2.74 bits per heavy atom. The van der Waals surface area contributed by atoms with E-state index in [2.05, 4.69) is 0 Å². The van der Waals surface area contributed by atoms with Crippen molar-refractivity contribution in [2.75, 3.05) is 47.4 Å². The molecule has 0 bridgehead atoms. The van der Waals surface area contributed by atoms with Gasteiger partial charge in [0.15, 0.2) is 0 Å². The van der Waals surface area contributed by atoms with Crippen molar-refractivity contribution in [1.82, 2.24) is 14.7 Å². The van der Waals surface area contributed by atoms with Gasteiger partial charge in [-0.05, 0) is 30.9 Å². The maximum Gasteiger partial charge on any atom is 0.263 e. The van der Waals surface area contributed by atoms with Crippen molar-refractivity contribution in [3.63, 3.8) is 0 Å². The van der Waals surface area contributed by atoms with E-state index in [4.69, 9.17) is 4.74 Å². The Balaban J connectivity index is 1.65. The van der Waals surface area contributed by atoms with Crippen molar-refractivity contribution in [1.29, 1.82) is 0 Å². The van der Waals surface area contributed by atoms with Gasteiger partial charge in [-0.25, -0.2) is 0 Å². The van der Waals surface area contributed by atoms with Crippen molar-refractivity contribution in [3.05, 3.63) is 21.4 Å². The minimum Gasteiger partial charge on any atom is -0.375 e. The Morgan fingerprint density at radius 2 is 2.04 bits per heavy atom. The SMILES string of the molecule is COCC(=O)N1CCCC(C(=O)N2CCc3sc(C(=O)N(C)C)cc3C2)C1. The molecule has 1 aromatic heterocycles. The van der Waals surface area contributed by atoms with Crippen LogP contribution in [0.4, 0.5) is 0 Å². The van der Waals surface area contributed by atoms with Crippen molar-refractivity contribution in [2.24, 2.45) is 5.92 Å². The molecule has 148 valence electrons. The minimum absolute atomic E-state index is 0.00635. The Hall–Kier alpha value is -1.93. The average molecular weight is 394 g/mol. The highest BCUT2D eigenvalue weighted by atomic mass is 32.1. The van der Waals surface area contributed by atoms with Crippen LogP contribution in [0.3, 0.4) is 0 Å². The summed E-state index contributed by atoms with van der Waals surface area (Å²) in [6.45, 7) is 2.44. The number of hydrogen-bond acceptors (Lipinski definition) is 5. The first-order valence-corrected chi connectivity index (χ1v) is 10.1. The number of carbonyl (C=O) groups is 3. The molecule has 3 amide bonds. The highest BCUT2D eigenvalue weighted by Crippen LogP contribution is 2.30. The van der Waals surface area contributed by atoms with Gasteiger partial charge in [0, 0.05) is 52.3 Å². The molecule has 3 rings (SSSR count).